The van der Waals surface area contributed by atoms with Gasteiger partial charge in [0, 0.05) is 18.3 Å². The number of hydrogen-bond acceptors (Lipinski definition) is 5. The van der Waals surface area contributed by atoms with Crippen molar-refractivity contribution in [2.75, 3.05) is 0 Å². The van der Waals surface area contributed by atoms with Crippen LogP contribution in [0.2, 0.25) is 0 Å². The third kappa shape index (κ3) is 3.17. The molecule has 2 aromatic heterocycles. The predicted molar refractivity (Wildman–Crippen MR) is 101 cm³/mol. The Morgan fingerprint density at radius 1 is 1.19 bits per heavy atom. The van der Waals surface area contributed by atoms with Crippen molar-refractivity contribution >= 4 is 0 Å². The predicted octanol–water partition coefficient (Wildman–Crippen LogP) is 3.96. The second-order valence-electron chi connectivity index (χ2n) is 6.94. The fourth-order valence-electron chi connectivity index (χ4n) is 3.48. The molecule has 0 amide bonds. The number of ether oxygens (including phenoxy) is 1. The van der Waals surface area contributed by atoms with Gasteiger partial charge in [-0.05, 0) is 19.1 Å². The van der Waals surface area contributed by atoms with Crippen LogP contribution in [0.15, 0.2) is 54.2 Å². The van der Waals surface area contributed by atoms with Gasteiger partial charge in [0.15, 0.2) is 0 Å². The van der Waals surface area contributed by atoms with Gasteiger partial charge in [0.2, 0.25) is 11.8 Å². The molecule has 0 aliphatic carbocycles. The van der Waals surface area contributed by atoms with E-state index in [-0.39, 0.29) is 16.8 Å². The molecule has 3 aromatic rings. The third-order valence-electron chi connectivity index (χ3n) is 5.01. The van der Waals surface area contributed by atoms with Crippen LogP contribution >= 0.6 is 0 Å². The normalized spacial score (nSPS) is 16.5. The number of aryl methyl sites for hydroxylation is 1. The molecule has 0 radical (unpaired) electrons. The minimum absolute atomic E-state index is 0.171. The van der Waals surface area contributed by atoms with Gasteiger partial charge >= 0.3 is 12.1 Å². The number of fused-ring (bicyclic) bond motifs is 1. The van der Waals surface area contributed by atoms with Crippen molar-refractivity contribution in [1.82, 2.24) is 19.6 Å². The number of nitrogens with zero attached hydrogens (tertiary/aromatic N) is 5. The minimum Gasteiger partial charge on any atom is -0.422 e. The van der Waals surface area contributed by atoms with Gasteiger partial charge in [0.1, 0.15) is 17.3 Å². The molecule has 12 heteroatoms. The number of nitrogens with two attached hydrogens (primary N) is 1. The lowest BCUT2D eigenvalue weighted by Crippen LogP contribution is -2.36. The molecule has 7 nitrogen and oxygen atoms in total. The number of rotatable bonds is 4. The number of nitriles is 1. The number of allylic oxidation sites excluding steroid dienone is 1. The Morgan fingerprint density at radius 2 is 1.88 bits per heavy atom. The summed E-state index contributed by atoms with van der Waals surface area (Å²) < 4.78 is 77.1. The molecule has 0 saturated carbocycles. The Labute approximate surface area is 178 Å². The van der Waals surface area contributed by atoms with Crippen molar-refractivity contribution in [2.24, 2.45) is 5.73 Å². The molecular formula is C20H15F5N6O. The lowest BCUT2D eigenvalue weighted by Gasteiger charge is -2.26. The van der Waals surface area contributed by atoms with E-state index in [9.17, 15) is 27.2 Å². The summed E-state index contributed by atoms with van der Waals surface area (Å²) in [7, 11) is 0. The van der Waals surface area contributed by atoms with E-state index in [1.165, 1.54) is 29.2 Å². The fourth-order valence-corrected chi connectivity index (χ4v) is 3.48. The van der Waals surface area contributed by atoms with Crippen molar-refractivity contribution in [3.63, 3.8) is 0 Å². The number of para-hydroxylation sites is 1. The van der Waals surface area contributed by atoms with Gasteiger partial charge in [-0.3, -0.25) is 4.68 Å². The molecule has 0 bridgehead atoms. The van der Waals surface area contributed by atoms with Crippen LogP contribution in [0.1, 0.15) is 29.7 Å². The van der Waals surface area contributed by atoms with Crippen molar-refractivity contribution in [2.45, 2.75) is 31.5 Å². The van der Waals surface area contributed by atoms with Crippen LogP contribution in [0.5, 0.6) is 5.88 Å². The molecule has 1 aliphatic heterocycles. The van der Waals surface area contributed by atoms with Gasteiger partial charge in [0.05, 0.1) is 23.4 Å². The molecule has 2 N–H and O–H groups in total. The van der Waals surface area contributed by atoms with Crippen LogP contribution in [0, 0.1) is 11.3 Å². The lowest BCUT2D eigenvalue weighted by atomic mass is 9.84. The Hall–Kier alpha value is -3.88. The SMILES string of the molecule is CCn1cc(C2C(C#N)=C(N)Oc3c2c(C(F)(F)C(F)(F)F)nn3-c2ccccc2)cn1. The average molecular weight is 450 g/mol. The molecule has 0 spiro atoms. The maximum absolute atomic E-state index is 14.7. The second-order valence-corrected chi connectivity index (χ2v) is 6.94. The molecule has 32 heavy (non-hydrogen) atoms. The topological polar surface area (TPSA) is 94.7 Å². The van der Waals surface area contributed by atoms with E-state index >= 15 is 0 Å². The van der Waals surface area contributed by atoms with E-state index in [0.717, 1.165) is 4.68 Å². The molecule has 1 atom stereocenters. The summed E-state index contributed by atoms with van der Waals surface area (Å²) in [5, 5.41) is 17.3. The van der Waals surface area contributed by atoms with E-state index in [0.29, 0.717) is 6.54 Å². The summed E-state index contributed by atoms with van der Waals surface area (Å²) in [5.41, 5.74) is 3.76. The van der Waals surface area contributed by atoms with E-state index in [1.807, 2.05) is 0 Å². The third-order valence-corrected chi connectivity index (χ3v) is 5.01. The van der Waals surface area contributed by atoms with Crippen molar-refractivity contribution in [3.05, 3.63) is 71.0 Å². The van der Waals surface area contributed by atoms with Crippen molar-refractivity contribution in [3.8, 4) is 17.6 Å². The van der Waals surface area contributed by atoms with E-state index in [4.69, 9.17) is 10.5 Å². The highest BCUT2D eigenvalue weighted by molar-refractivity contribution is 5.57. The monoisotopic (exact) mass is 450 g/mol. The maximum Gasteiger partial charge on any atom is 0.459 e. The van der Waals surface area contributed by atoms with Crippen LogP contribution in [0.3, 0.4) is 0 Å². The summed E-state index contributed by atoms with van der Waals surface area (Å²) >= 11 is 0. The summed E-state index contributed by atoms with van der Waals surface area (Å²) in [4.78, 5) is 0. The zero-order valence-corrected chi connectivity index (χ0v) is 16.4. The first-order valence-corrected chi connectivity index (χ1v) is 9.33. The maximum atomic E-state index is 14.7. The van der Waals surface area contributed by atoms with Gasteiger partial charge < -0.3 is 10.5 Å². The van der Waals surface area contributed by atoms with Crippen LogP contribution in [-0.2, 0) is 12.5 Å². The van der Waals surface area contributed by atoms with Crippen molar-refractivity contribution in [1.29, 1.82) is 5.26 Å². The number of halogens is 5. The van der Waals surface area contributed by atoms with Gasteiger partial charge in [-0.1, -0.05) is 18.2 Å². The summed E-state index contributed by atoms with van der Waals surface area (Å²) in [6.45, 7) is 2.17. The first-order chi connectivity index (χ1) is 15.1. The molecule has 1 aromatic carbocycles. The molecule has 0 saturated heterocycles. The van der Waals surface area contributed by atoms with Crippen LogP contribution in [-0.4, -0.2) is 25.7 Å². The average Bonchev–Trinajstić information content (AvgIpc) is 3.37. The molecule has 4 rings (SSSR count). The van der Waals surface area contributed by atoms with Crippen LogP contribution < -0.4 is 10.5 Å². The van der Waals surface area contributed by atoms with Gasteiger partial charge in [-0.2, -0.15) is 42.1 Å². The summed E-state index contributed by atoms with van der Waals surface area (Å²) in [6.07, 6.45) is -3.21. The largest absolute Gasteiger partial charge is 0.459 e. The van der Waals surface area contributed by atoms with E-state index < -0.39 is 41.0 Å². The highest BCUT2D eigenvalue weighted by Crippen LogP contribution is 2.52. The highest BCUT2D eigenvalue weighted by Gasteiger charge is 2.63. The molecule has 0 fully saturated rings. The van der Waals surface area contributed by atoms with Crippen LogP contribution in [0.25, 0.3) is 5.69 Å². The van der Waals surface area contributed by atoms with E-state index in [2.05, 4.69) is 10.2 Å². The Kier molecular flexibility index (Phi) is 4.92. The first kappa shape index (κ1) is 21.4. The van der Waals surface area contributed by atoms with Gasteiger partial charge in [0.25, 0.3) is 0 Å². The van der Waals surface area contributed by atoms with Crippen molar-refractivity contribution < 1.29 is 26.7 Å². The summed E-state index contributed by atoms with van der Waals surface area (Å²) in [5.74, 6) is -7.56. The number of aromatic nitrogens is 4. The zero-order valence-electron chi connectivity index (χ0n) is 16.4. The number of alkyl halides is 5. The number of benzene rings is 1. The Balaban J connectivity index is 2.07. The highest BCUT2D eigenvalue weighted by atomic mass is 19.4. The Morgan fingerprint density at radius 3 is 2.44 bits per heavy atom. The molecule has 3 heterocycles. The quantitative estimate of drug-likeness (QED) is 0.608. The van der Waals surface area contributed by atoms with Gasteiger partial charge in [-0.25, -0.2) is 0 Å². The second kappa shape index (κ2) is 7.37. The smallest absolute Gasteiger partial charge is 0.422 e. The lowest BCUT2D eigenvalue weighted by molar-refractivity contribution is -0.291. The molecule has 166 valence electrons. The fraction of sp³-hybridized carbons (Fsp3) is 0.250. The molecule has 1 aliphatic rings. The zero-order chi connectivity index (χ0) is 23.3. The first-order valence-electron chi connectivity index (χ1n) is 9.33. The number of hydrogen-bond donors (Lipinski definition) is 1. The van der Waals surface area contributed by atoms with Crippen LogP contribution in [0.4, 0.5) is 22.0 Å². The molecular weight excluding hydrogens is 435 g/mol. The molecule has 1 unspecified atom stereocenters. The standard InChI is InChI=1S/C20H15F5N6O/c1-2-30-10-11(9-28-30)14-13(8-26)17(27)32-18-15(14)16(19(21,22)20(23,24)25)29-31(18)12-6-4-3-5-7-12/h3-7,9-10,14H,2,27H2,1H3. The summed E-state index contributed by atoms with van der Waals surface area (Å²) in [6, 6.07) is 9.41. The minimum atomic E-state index is -5.94. The van der Waals surface area contributed by atoms with Gasteiger partial charge in [-0.15, -0.1) is 0 Å². The van der Waals surface area contributed by atoms with E-state index in [1.54, 1.807) is 31.2 Å². The Bertz CT molecular complexity index is 1240.